The highest BCUT2D eigenvalue weighted by atomic mass is 16.2. The molecule has 0 aliphatic heterocycles. The second kappa shape index (κ2) is 5.34. The number of rotatable bonds is 2. The summed E-state index contributed by atoms with van der Waals surface area (Å²) in [7, 11) is 1.94. The molecule has 0 unspecified atom stereocenters. The first kappa shape index (κ1) is 14.4. The molecular weight excluding hydrogens is 272 g/mol. The molecule has 1 heterocycles. The van der Waals surface area contributed by atoms with E-state index in [1.807, 2.05) is 68.8 Å². The third-order valence-electron chi connectivity index (χ3n) is 4.22. The maximum atomic E-state index is 12.8. The fraction of sp³-hybridized carbons (Fsp3) is 0.211. The standard InChI is InChI=1S/C19H20N2O/c1-12-9-10-13(2)16(11-12)20-19(22)18-14(3)15-7-5-6-8-17(15)21(18)4/h5-11H,1-4H3,(H,20,22). The molecule has 3 rings (SSSR count). The van der Waals surface area contributed by atoms with Crippen molar-refractivity contribution in [2.24, 2.45) is 7.05 Å². The molecule has 3 heteroatoms. The molecule has 0 aliphatic rings. The molecule has 0 spiro atoms. The van der Waals surface area contributed by atoms with Crippen LogP contribution in [0.1, 0.15) is 27.2 Å². The van der Waals surface area contributed by atoms with Crippen LogP contribution in [-0.4, -0.2) is 10.5 Å². The van der Waals surface area contributed by atoms with Crippen LogP contribution < -0.4 is 5.32 Å². The van der Waals surface area contributed by atoms with Gasteiger partial charge in [-0.2, -0.15) is 0 Å². The Labute approximate surface area is 130 Å². The maximum absolute atomic E-state index is 12.8. The normalized spacial score (nSPS) is 10.9. The third-order valence-corrected chi connectivity index (χ3v) is 4.22. The molecule has 1 aromatic heterocycles. The lowest BCUT2D eigenvalue weighted by molar-refractivity contribution is 0.101. The predicted molar refractivity (Wildman–Crippen MR) is 91.5 cm³/mol. The van der Waals surface area contributed by atoms with Gasteiger partial charge in [0.25, 0.3) is 5.91 Å². The summed E-state index contributed by atoms with van der Waals surface area (Å²) >= 11 is 0. The summed E-state index contributed by atoms with van der Waals surface area (Å²) in [5, 5.41) is 4.17. The van der Waals surface area contributed by atoms with E-state index in [0.29, 0.717) is 5.69 Å². The molecule has 1 amide bonds. The van der Waals surface area contributed by atoms with Gasteiger partial charge in [0, 0.05) is 23.6 Å². The molecule has 3 nitrogen and oxygen atoms in total. The average molecular weight is 292 g/mol. The van der Waals surface area contributed by atoms with Crippen molar-refractivity contribution >= 4 is 22.5 Å². The fourth-order valence-corrected chi connectivity index (χ4v) is 2.96. The Morgan fingerprint density at radius 3 is 2.50 bits per heavy atom. The lowest BCUT2D eigenvalue weighted by atomic mass is 10.1. The Morgan fingerprint density at radius 2 is 1.77 bits per heavy atom. The van der Waals surface area contributed by atoms with Crippen LogP contribution in [0.4, 0.5) is 5.69 Å². The summed E-state index contributed by atoms with van der Waals surface area (Å²) in [4.78, 5) is 12.8. The highest BCUT2D eigenvalue weighted by Crippen LogP contribution is 2.26. The van der Waals surface area contributed by atoms with Crippen LogP contribution in [0, 0.1) is 20.8 Å². The molecule has 0 aliphatic carbocycles. The van der Waals surface area contributed by atoms with Gasteiger partial charge in [-0.15, -0.1) is 0 Å². The van der Waals surface area contributed by atoms with Crippen molar-refractivity contribution in [3.05, 3.63) is 64.8 Å². The zero-order chi connectivity index (χ0) is 15.9. The number of aryl methyl sites for hydroxylation is 4. The molecule has 1 N–H and O–H groups in total. The van der Waals surface area contributed by atoms with Gasteiger partial charge in [-0.25, -0.2) is 0 Å². The Balaban J connectivity index is 2.04. The highest BCUT2D eigenvalue weighted by Gasteiger charge is 2.18. The van der Waals surface area contributed by atoms with Crippen molar-refractivity contribution in [1.82, 2.24) is 4.57 Å². The van der Waals surface area contributed by atoms with E-state index in [1.54, 1.807) is 0 Å². The summed E-state index contributed by atoms with van der Waals surface area (Å²) < 4.78 is 1.96. The van der Waals surface area contributed by atoms with E-state index in [2.05, 4.69) is 11.4 Å². The van der Waals surface area contributed by atoms with Gasteiger partial charge >= 0.3 is 0 Å². The molecule has 2 aromatic carbocycles. The van der Waals surface area contributed by atoms with Crippen molar-refractivity contribution in [1.29, 1.82) is 0 Å². The molecule has 0 radical (unpaired) electrons. The van der Waals surface area contributed by atoms with Crippen molar-refractivity contribution in [2.75, 3.05) is 5.32 Å². The number of aromatic nitrogens is 1. The number of para-hydroxylation sites is 1. The van der Waals surface area contributed by atoms with Crippen LogP contribution in [0.25, 0.3) is 10.9 Å². The first-order valence-electron chi connectivity index (χ1n) is 7.41. The molecule has 0 saturated heterocycles. The van der Waals surface area contributed by atoms with Crippen molar-refractivity contribution in [2.45, 2.75) is 20.8 Å². The highest BCUT2D eigenvalue weighted by molar-refractivity contribution is 6.08. The van der Waals surface area contributed by atoms with Crippen LogP contribution in [0.5, 0.6) is 0 Å². The SMILES string of the molecule is Cc1ccc(C)c(NC(=O)c2c(C)c3ccccc3n2C)c1. The Kier molecular flexibility index (Phi) is 3.49. The summed E-state index contributed by atoms with van der Waals surface area (Å²) in [6, 6.07) is 14.2. The Hall–Kier alpha value is -2.55. The minimum Gasteiger partial charge on any atom is -0.339 e. The van der Waals surface area contributed by atoms with Gasteiger partial charge in [-0.1, -0.05) is 30.3 Å². The topological polar surface area (TPSA) is 34.0 Å². The van der Waals surface area contributed by atoms with Gasteiger partial charge in [0.15, 0.2) is 0 Å². The zero-order valence-electron chi connectivity index (χ0n) is 13.4. The van der Waals surface area contributed by atoms with Crippen LogP contribution in [0.2, 0.25) is 0 Å². The number of hydrogen-bond acceptors (Lipinski definition) is 1. The third kappa shape index (κ3) is 2.29. The van der Waals surface area contributed by atoms with Gasteiger partial charge in [-0.05, 0) is 49.6 Å². The van der Waals surface area contributed by atoms with Crippen molar-refractivity contribution in [3.63, 3.8) is 0 Å². The summed E-state index contributed by atoms with van der Waals surface area (Å²) in [6.07, 6.45) is 0. The zero-order valence-corrected chi connectivity index (χ0v) is 13.4. The van der Waals surface area contributed by atoms with Crippen LogP contribution in [-0.2, 0) is 7.05 Å². The van der Waals surface area contributed by atoms with Crippen molar-refractivity contribution in [3.8, 4) is 0 Å². The minimum absolute atomic E-state index is 0.0649. The largest absolute Gasteiger partial charge is 0.339 e. The van der Waals surface area contributed by atoms with E-state index in [-0.39, 0.29) is 5.91 Å². The van der Waals surface area contributed by atoms with Crippen LogP contribution in [0.3, 0.4) is 0 Å². The number of carbonyl (C=O) groups is 1. The van der Waals surface area contributed by atoms with Gasteiger partial charge in [0.1, 0.15) is 5.69 Å². The number of carbonyl (C=O) groups excluding carboxylic acids is 1. The quantitative estimate of drug-likeness (QED) is 0.748. The molecule has 0 bridgehead atoms. The molecule has 112 valence electrons. The number of amides is 1. The molecule has 0 atom stereocenters. The second-order valence-electron chi connectivity index (χ2n) is 5.82. The lowest BCUT2D eigenvalue weighted by Gasteiger charge is -2.11. The first-order valence-corrected chi connectivity index (χ1v) is 7.41. The molecular formula is C19H20N2O. The van der Waals surface area contributed by atoms with Crippen molar-refractivity contribution < 1.29 is 4.79 Å². The maximum Gasteiger partial charge on any atom is 0.272 e. The van der Waals surface area contributed by atoms with Gasteiger partial charge < -0.3 is 9.88 Å². The molecule has 3 aromatic rings. The van der Waals surface area contributed by atoms with Gasteiger partial charge in [0.05, 0.1) is 0 Å². The number of fused-ring (bicyclic) bond motifs is 1. The van der Waals surface area contributed by atoms with Crippen LogP contribution >= 0.6 is 0 Å². The monoisotopic (exact) mass is 292 g/mol. The molecule has 0 saturated carbocycles. The van der Waals surface area contributed by atoms with E-state index < -0.39 is 0 Å². The fourth-order valence-electron chi connectivity index (χ4n) is 2.96. The number of anilines is 1. The minimum atomic E-state index is -0.0649. The summed E-state index contributed by atoms with van der Waals surface area (Å²) in [5.74, 6) is -0.0649. The Morgan fingerprint density at radius 1 is 1.05 bits per heavy atom. The molecule has 0 fully saturated rings. The van der Waals surface area contributed by atoms with Crippen LogP contribution in [0.15, 0.2) is 42.5 Å². The lowest BCUT2D eigenvalue weighted by Crippen LogP contribution is -2.17. The summed E-state index contributed by atoms with van der Waals surface area (Å²) in [5.41, 5.74) is 5.87. The average Bonchev–Trinajstić information content (AvgIpc) is 2.75. The van der Waals surface area contributed by atoms with E-state index in [0.717, 1.165) is 33.3 Å². The van der Waals surface area contributed by atoms with Gasteiger partial charge in [-0.3, -0.25) is 4.79 Å². The Bertz CT molecular complexity index is 836. The second-order valence-corrected chi connectivity index (χ2v) is 5.82. The number of hydrogen-bond donors (Lipinski definition) is 1. The summed E-state index contributed by atoms with van der Waals surface area (Å²) in [6.45, 7) is 6.03. The smallest absolute Gasteiger partial charge is 0.272 e. The van der Waals surface area contributed by atoms with E-state index in [9.17, 15) is 4.79 Å². The predicted octanol–water partition coefficient (Wildman–Crippen LogP) is 4.36. The first-order chi connectivity index (χ1) is 10.5. The number of nitrogens with one attached hydrogen (secondary N) is 1. The van der Waals surface area contributed by atoms with E-state index >= 15 is 0 Å². The van der Waals surface area contributed by atoms with E-state index in [1.165, 1.54) is 0 Å². The molecule has 22 heavy (non-hydrogen) atoms. The van der Waals surface area contributed by atoms with Gasteiger partial charge in [0.2, 0.25) is 0 Å². The number of nitrogens with zero attached hydrogens (tertiary/aromatic N) is 1. The van der Waals surface area contributed by atoms with E-state index in [4.69, 9.17) is 0 Å². The number of benzene rings is 2.